The number of likely N-dealkylation sites (tertiary alicyclic amines) is 2. The van der Waals surface area contributed by atoms with E-state index in [9.17, 15) is 4.79 Å². The molecule has 3 saturated heterocycles. The number of allylic oxidation sites excluding steroid dienone is 3. The minimum absolute atomic E-state index is 0.114. The highest BCUT2D eigenvalue weighted by Crippen LogP contribution is 2.44. The molecule has 0 aromatic heterocycles. The van der Waals surface area contributed by atoms with Gasteiger partial charge in [0.2, 0.25) is 5.91 Å². The molecule has 0 aromatic carbocycles. The van der Waals surface area contributed by atoms with Gasteiger partial charge < -0.3 is 9.64 Å². The van der Waals surface area contributed by atoms with Crippen molar-refractivity contribution >= 4 is 5.91 Å². The summed E-state index contributed by atoms with van der Waals surface area (Å²) in [4.78, 5) is 16.9. The topological polar surface area (TPSA) is 36.1 Å². The summed E-state index contributed by atoms with van der Waals surface area (Å²) in [5.74, 6) is 0.911. The summed E-state index contributed by atoms with van der Waals surface area (Å²) in [7, 11) is 0. The molecule has 0 N–H and O–H groups in total. The van der Waals surface area contributed by atoms with E-state index in [4.69, 9.17) is 4.74 Å². The van der Waals surface area contributed by atoms with Crippen LogP contribution in [0.5, 0.6) is 0 Å². The van der Waals surface area contributed by atoms with Gasteiger partial charge in [-0.15, -0.1) is 0 Å². The van der Waals surface area contributed by atoms with Crippen molar-refractivity contribution in [1.29, 1.82) is 0 Å². The third-order valence-electron chi connectivity index (χ3n) is 6.04. The monoisotopic (exact) mass is 318 g/mol. The van der Waals surface area contributed by atoms with Gasteiger partial charge in [0.25, 0.3) is 0 Å². The molecule has 23 heavy (non-hydrogen) atoms. The number of hydrogen-bond donors (Lipinski definition) is 0. The molecule has 0 aliphatic carbocycles. The van der Waals surface area contributed by atoms with Crippen molar-refractivity contribution in [3.63, 3.8) is 0 Å². The second-order valence-corrected chi connectivity index (χ2v) is 7.25. The Bertz CT molecular complexity index is 484. The molecule has 3 rings (SSSR count). The molecule has 1 spiro atoms. The van der Waals surface area contributed by atoms with Crippen LogP contribution in [0.25, 0.3) is 0 Å². The third-order valence-corrected chi connectivity index (χ3v) is 6.04. The number of epoxide rings is 1. The Balaban J connectivity index is 1.42. The maximum absolute atomic E-state index is 12.5. The molecule has 3 heterocycles. The van der Waals surface area contributed by atoms with E-state index in [0.717, 1.165) is 51.9 Å². The molecule has 4 nitrogen and oxygen atoms in total. The number of rotatable bonds is 4. The average Bonchev–Trinajstić information content (AvgIpc) is 3.19. The fourth-order valence-corrected chi connectivity index (χ4v) is 4.21. The maximum atomic E-state index is 12.5. The lowest BCUT2D eigenvalue weighted by Crippen LogP contribution is -2.47. The Morgan fingerprint density at radius 2 is 1.87 bits per heavy atom. The number of piperidine rings is 2. The normalized spacial score (nSPS) is 28.9. The number of carbonyl (C=O) groups excluding carboxylic acids is 1. The molecule has 1 unspecified atom stereocenters. The first kappa shape index (κ1) is 16.7. The molecule has 1 atom stereocenters. The maximum Gasteiger partial charge on any atom is 0.236 e. The SMILES string of the molecule is C=C/C(=C\C)C1CCN(CC(=O)N2CCC3(CC2)OC3C)CC1. The van der Waals surface area contributed by atoms with Gasteiger partial charge >= 0.3 is 0 Å². The Morgan fingerprint density at radius 1 is 1.26 bits per heavy atom. The van der Waals surface area contributed by atoms with E-state index < -0.39 is 0 Å². The van der Waals surface area contributed by atoms with Crippen molar-refractivity contribution < 1.29 is 9.53 Å². The Kier molecular flexibility index (Phi) is 4.93. The zero-order valence-electron chi connectivity index (χ0n) is 14.6. The number of hydrogen-bond acceptors (Lipinski definition) is 3. The molecular weight excluding hydrogens is 288 g/mol. The second kappa shape index (κ2) is 6.78. The Labute approximate surface area is 140 Å². The number of carbonyl (C=O) groups is 1. The van der Waals surface area contributed by atoms with Crippen LogP contribution < -0.4 is 0 Å². The summed E-state index contributed by atoms with van der Waals surface area (Å²) in [5.41, 5.74) is 1.47. The minimum atomic E-state index is 0.114. The van der Waals surface area contributed by atoms with Gasteiger partial charge in [0, 0.05) is 13.1 Å². The lowest BCUT2D eigenvalue weighted by molar-refractivity contribution is -0.134. The van der Waals surface area contributed by atoms with Gasteiger partial charge in [0.05, 0.1) is 18.2 Å². The van der Waals surface area contributed by atoms with Crippen molar-refractivity contribution in [2.75, 3.05) is 32.7 Å². The zero-order chi connectivity index (χ0) is 16.4. The fraction of sp³-hybridized carbons (Fsp3) is 0.737. The van der Waals surface area contributed by atoms with Crippen LogP contribution in [0.4, 0.5) is 0 Å². The van der Waals surface area contributed by atoms with E-state index in [1.165, 1.54) is 5.57 Å². The average molecular weight is 318 g/mol. The van der Waals surface area contributed by atoms with E-state index in [1.807, 2.05) is 11.0 Å². The van der Waals surface area contributed by atoms with E-state index in [2.05, 4.69) is 31.4 Å². The molecule has 0 saturated carbocycles. The summed E-state index contributed by atoms with van der Waals surface area (Å²) in [6.45, 7) is 12.5. The van der Waals surface area contributed by atoms with Gasteiger partial charge in [-0.3, -0.25) is 9.69 Å². The van der Waals surface area contributed by atoms with Crippen LogP contribution in [-0.2, 0) is 9.53 Å². The van der Waals surface area contributed by atoms with Gasteiger partial charge in [-0.1, -0.05) is 18.7 Å². The largest absolute Gasteiger partial charge is 0.366 e. The minimum Gasteiger partial charge on any atom is -0.366 e. The van der Waals surface area contributed by atoms with Crippen LogP contribution >= 0.6 is 0 Å². The zero-order valence-corrected chi connectivity index (χ0v) is 14.6. The molecule has 128 valence electrons. The summed E-state index contributed by atoms with van der Waals surface area (Å²) in [5, 5.41) is 0. The Hall–Kier alpha value is -1.13. The van der Waals surface area contributed by atoms with E-state index in [-0.39, 0.29) is 5.60 Å². The van der Waals surface area contributed by atoms with Crippen LogP contribution in [0.2, 0.25) is 0 Å². The first-order valence-corrected chi connectivity index (χ1v) is 9.04. The molecule has 1 amide bonds. The van der Waals surface area contributed by atoms with Crippen molar-refractivity contribution in [3.05, 3.63) is 24.3 Å². The molecular formula is C19H30N2O2. The highest BCUT2D eigenvalue weighted by atomic mass is 16.6. The predicted molar refractivity (Wildman–Crippen MR) is 92.2 cm³/mol. The molecule has 0 bridgehead atoms. The van der Waals surface area contributed by atoms with Crippen LogP contribution in [-0.4, -0.2) is 60.1 Å². The van der Waals surface area contributed by atoms with Gasteiger partial charge in [-0.2, -0.15) is 0 Å². The highest BCUT2D eigenvalue weighted by molar-refractivity contribution is 5.78. The van der Waals surface area contributed by atoms with E-state index in [1.54, 1.807) is 0 Å². The highest BCUT2D eigenvalue weighted by Gasteiger charge is 2.54. The summed E-state index contributed by atoms with van der Waals surface area (Å²) in [6.07, 6.45) is 8.82. The standard InChI is InChI=1S/C19H30N2O2/c1-4-16(5-2)17-6-10-20(11-7-17)14-18(22)21-12-8-19(9-13-21)15(3)23-19/h4-5,15,17H,1,6-14H2,2-3H3/b16-5+. The molecule has 3 fully saturated rings. The molecule has 3 aliphatic heterocycles. The fourth-order valence-electron chi connectivity index (χ4n) is 4.21. The number of amides is 1. The summed E-state index contributed by atoms with van der Waals surface area (Å²) < 4.78 is 5.72. The molecule has 4 heteroatoms. The van der Waals surface area contributed by atoms with Gasteiger partial charge in [-0.25, -0.2) is 0 Å². The second-order valence-electron chi connectivity index (χ2n) is 7.25. The lowest BCUT2D eigenvalue weighted by Gasteiger charge is -2.35. The van der Waals surface area contributed by atoms with Crippen molar-refractivity contribution in [2.45, 2.75) is 51.2 Å². The predicted octanol–water partition coefficient (Wildman–Crippen LogP) is 2.61. The number of nitrogens with zero attached hydrogens (tertiary/aromatic N) is 2. The Morgan fingerprint density at radius 3 is 2.35 bits per heavy atom. The summed E-state index contributed by atoms with van der Waals surface area (Å²) >= 11 is 0. The smallest absolute Gasteiger partial charge is 0.236 e. The van der Waals surface area contributed by atoms with E-state index in [0.29, 0.717) is 24.5 Å². The van der Waals surface area contributed by atoms with Crippen molar-refractivity contribution in [1.82, 2.24) is 9.80 Å². The molecule has 0 aromatic rings. The first-order valence-electron chi connectivity index (χ1n) is 9.04. The van der Waals surface area contributed by atoms with Crippen LogP contribution in [0, 0.1) is 5.92 Å². The van der Waals surface area contributed by atoms with E-state index >= 15 is 0 Å². The first-order chi connectivity index (χ1) is 11.1. The van der Waals surface area contributed by atoms with Gasteiger partial charge in [0.15, 0.2) is 0 Å². The lowest BCUT2D eigenvalue weighted by atomic mass is 9.89. The van der Waals surface area contributed by atoms with Crippen LogP contribution in [0.15, 0.2) is 24.3 Å². The quantitative estimate of drug-likeness (QED) is 0.590. The third kappa shape index (κ3) is 3.53. The van der Waals surface area contributed by atoms with Crippen molar-refractivity contribution in [2.24, 2.45) is 5.92 Å². The van der Waals surface area contributed by atoms with Crippen LogP contribution in [0.1, 0.15) is 39.5 Å². The summed E-state index contributed by atoms with van der Waals surface area (Å²) in [6, 6.07) is 0. The van der Waals surface area contributed by atoms with Gasteiger partial charge in [-0.05, 0) is 64.1 Å². The number of ether oxygens (including phenoxy) is 1. The molecule has 3 aliphatic rings. The molecule has 0 radical (unpaired) electrons. The van der Waals surface area contributed by atoms with Crippen LogP contribution in [0.3, 0.4) is 0 Å². The van der Waals surface area contributed by atoms with Crippen molar-refractivity contribution in [3.8, 4) is 0 Å². The van der Waals surface area contributed by atoms with Gasteiger partial charge in [0.1, 0.15) is 0 Å².